The number of carbonyl (C=O) groups excluding carboxylic acids is 1. The highest BCUT2D eigenvalue weighted by molar-refractivity contribution is 5.82. The van der Waals surface area contributed by atoms with Gasteiger partial charge >= 0.3 is 0 Å². The summed E-state index contributed by atoms with van der Waals surface area (Å²) in [5, 5.41) is 0. The lowest BCUT2D eigenvalue weighted by molar-refractivity contribution is -0.116. The molecule has 4 nitrogen and oxygen atoms in total. The van der Waals surface area contributed by atoms with Gasteiger partial charge in [-0.3, -0.25) is 14.8 Å². The highest BCUT2D eigenvalue weighted by atomic mass is 16.1. The molecule has 4 heteroatoms. The van der Waals surface area contributed by atoms with Crippen LogP contribution in [0.2, 0.25) is 0 Å². The van der Waals surface area contributed by atoms with Gasteiger partial charge in [-0.15, -0.1) is 0 Å². The van der Waals surface area contributed by atoms with Crippen LogP contribution in [0.5, 0.6) is 0 Å². The average Bonchev–Trinajstić information content (AvgIpc) is 3.26. The third kappa shape index (κ3) is 3.02. The maximum atomic E-state index is 11.3. The van der Waals surface area contributed by atoms with Crippen LogP contribution < -0.4 is 0 Å². The van der Waals surface area contributed by atoms with Crippen LogP contribution >= 0.6 is 0 Å². The van der Waals surface area contributed by atoms with Crippen LogP contribution in [0.25, 0.3) is 22.2 Å². The van der Waals surface area contributed by atoms with Crippen molar-refractivity contribution in [3.05, 3.63) is 48.5 Å². The number of hydrogen-bond donors (Lipinski definition) is 0. The molecule has 0 N–H and O–H groups in total. The molecule has 1 saturated carbocycles. The average molecular weight is 305 g/mol. The number of fused-ring (bicyclic) bond motifs is 1. The van der Waals surface area contributed by atoms with Gasteiger partial charge in [0.05, 0.1) is 11.0 Å². The van der Waals surface area contributed by atoms with Crippen molar-refractivity contribution in [3.8, 4) is 11.1 Å². The zero-order valence-corrected chi connectivity index (χ0v) is 13.2. The van der Waals surface area contributed by atoms with Gasteiger partial charge in [-0.25, -0.2) is 0 Å². The number of ketones is 1. The Morgan fingerprint density at radius 1 is 1.22 bits per heavy atom. The summed E-state index contributed by atoms with van der Waals surface area (Å²) in [6.07, 6.45) is 8.85. The normalized spacial score (nSPS) is 14.3. The highest BCUT2D eigenvalue weighted by Crippen LogP contribution is 2.32. The fourth-order valence-electron chi connectivity index (χ4n) is 2.97. The second kappa shape index (κ2) is 5.61. The van der Waals surface area contributed by atoms with Crippen LogP contribution in [0.4, 0.5) is 0 Å². The van der Waals surface area contributed by atoms with Gasteiger partial charge in [0.25, 0.3) is 0 Å². The SMILES string of the molecule is CC(=O)Cc1cc(-c2cnc3ccn(CC4CC4)c3c2)ccn1. The van der Waals surface area contributed by atoms with E-state index in [0.717, 1.165) is 34.8 Å². The number of carbonyl (C=O) groups is 1. The molecule has 23 heavy (non-hydrogen) atoms. The lowest BCUT2D eigenvalue weighted by Gasteiger charge is -2.07. The van der Waals surface area contributed by atoms with Crippen LogP contribution in [0.1, 0.15) is 25.5 Å². The van der Waals surface area contributed by atoms with Crippen molar-refractivity contribution in [1.29, 1.82) is 0 Å². The zero-order valence-electron chi connectivity index (χ0n) is 13.2. The van der Waals surface area contributed by atoms with Gasteiger partial charge in [-0.2, -0.15) is 0 Å². The first-order valence-electron chi connectivity index (χ1n) is 8.09. The zero-order chi connectivity index (χ0) is 15.8. The van der Waals surface area contributed by atoms with Gasteiger partial charge in [-0.05, 0) is 55.5 Å². The summed E-state index contributed by atoms with van der Waals surface area (Å²) in [5.41, 5.74) is 5.15. The van der Waals surface area contributed by atoms with E-state index in [0.29, 0.717) is 6.42 Å². The highest BCUT2D eigenvalue weighted by Gasteiger charge is 2.22. The summed E-state index contributed by atoms with van der Waals surface area (Å²) in [4.78, 5) is 20.2. The Bertz CT molecular complexity index is 877. The first-order valence-corrected chi connectivity index (χ1v) is 8.09. The molecule has 0 aliphatic heterocycles. The largest absolute Gasteiger partial charge is 0.346 e. The minimum absolute atomic E-state index is 0.126. The molecule has 0 spiro atoms. The molecule has 0 radical (unpaired) electrons. The van der Waals surface area contributed by atoms with E-state index in [4.69, 9.17) is 0 Å². The molecular formula is C19H19N3O. The van der Waals surface area contributed by atoms with Crippen LogP contribution in [0, 0.1) is 5.92 Å². The summed E-state index contributed by atoms with van der Waals surface area (Å²) in [7, 11) is 0. The van der Waals surface area contributed by atoms with E-state index in [1.807, 2.05) is 18.3 Å². The number of nitrogens with zero attached hydrogens (tertiary/aromatic N) is 3. The predicted molar refractivity (Wildman–Crippen MR) is 90.1 cm³/mol. The Hall–Kier alpha value is -2.49. The summed E-state index contributed by atoms with van der Waals surface area (Å²) in [5.74, 6) is 0.957. The minimum Gasteiger partial charge on any atom is -0.346 e. The molecule has 1 aliphatic carbocycles. The van der Waals surface area contributed by atoms with E-state index >= 15 is 0 Å². The first kappa shape index (κ1) is 14.1. The van der Waals surface area contributed by atoms with Crippen LogP contribution in [0.15, 0.2) is 42.9 Å². The molecule has 3 aromatic heterocycles. The molecular weight excluding hydrogens is 286 g/mol. The lowest BCUT2D eigenvalue weighted by atomic mass is 10.1. The van der Waals surface area contributed by atoms with Crippen molar-refractivity contribution in [2.75, 3.05) is 0 Å². The lowest BCUT2D eigenvalue weighted by Crippen LogP contribution is -1.99. The number of Topliss-reactive ketones (excluding diaryl/α,β-unsaturated/α-hetero) is 1. The first-order chi connectivity index (χ1) is 11.2. The fraction of sp³-hybridized carbons (Fsp3) is 0.316. The Balaban J connectivity index is 1.71. The number of rotatable bonds is 5. The van der Waals surface area contributed by atoms with E-state index in [9.17, 15) is 4.79 Å². The minimum atomic E-state index is 0.126. The van der Waals surface area contributed by atoms with Crippen molar-refractivity contribution in [3.63, 3.8) is 0 Å². The van der Waals surface area contributed by atoms with E-state index < -0.39 is 0 Å². The second-order valence-electron chi connectivity index (χ2n) is 6.45. The van der Waals surface area contributed by atoms with E-state index in [-0.39, 0.29) is 5.78 Å². The smallest absolute Gasteiger partial charge is 0.135 e. The molecule has 0 aromatic carbocycles. The van der Waals surface area contributed by atoms with E-state index in [1.54, 1.807) is 13.1 Å². The molecule has 4 rings (SSSR count). The van der Waals surface area contributed by atoms with Crippen molar-refractivity contribution in [2.45, 2.75) is 32.7 Å². The third-order valence-electron chi connectivity index (χ3n) is 4.35. The molecule has 116 valence electrons. The molecule has 0 unspecified atom stereocenters. The number of pyridine rings is 2. The Morgan fingerprint density at radius 2 is 2.09 bits per heavy atom. The van der Waals surface area contributed by atoms with Gasteiger partial charge in [0.15, 0.2) is 0 Å². The number of aromatic nitrogens is 3. The molecule has 1 fully saturated rings. The van der Waals surface area contributed by atoms with E-state index in [1.165, 1.54) is 18.4 Å². The summed E-state index contributed by atoms with van der Waals surface area (Å²) < 4.78 is 2.31. The Morgan fingerprint density at radius 3 is 2.87 bits per heavy atom. The molecule has 0 atom stereocenters. The standard InChI is InChI=1S/C19H19N3O/c1-13(23)8-17-9-15(4-6-20-17)16-10-19-18(21-11-16)5-7-22(19)12-14-2-3-14/h4-7,9-11,14H,2-3,8,12H2,1H3. The van der Waals surface area contributed by atoms with Gasteiger partial charge in [0, 0.05) is 42.8 Å². The van der Waals surface area contributed by atoms with Gasteiger partial charge in [0.1, 0.15) is 5.78 Å². The third-order valence-corrected chi connectivity index (χ3v) is 4.35. The summed E-state index contributed by atoms with van der Waals surface area (Å²) >= 11 is 0. The molecule has 3 heterocycles. The van der Waals surface area contributed by atoms with Crippen molar-refractivity contribution in [1.82, 2.24) is 14.5 Å². The maximum Gasteiger partial charge on any atom is 0.135 e. The van der Waals surface area contributed by atoms with Crippen molar-refractivity contribution < 1.29 is 4.79 Å². The van der Waals surface area contributed by atoms with Crippen LogP contribution in [-0.4, -0.2) is 20.3 Å². The topological polar surface area (TPSA) is 47.8 Å². The van der Waals surface area contributed by atoms with E-state index in [2.05, 4.69) is 32.9 Å². The molecule has 3 aromatic rings. The molecule has 0 amide bonds. The monoisotopic (exact) mass is 305 g/mol. The Kier molecular flexibility index (Phi) is 3.45. The van der Waals surface area contributed by atoms with Crippen LogP contribution in [0.3, 0.4) is 0 Å². The van der Waals surface area contributed by atoms with Crippen molar-refractivity contribution >= 4 is 16.8 Å². The van der Waals surface area contributed by atoms with Crippen LogP contribution in [-0.2, 0) is 17.8 Å². The van der Waals surface area contributed by atoms with Gasteiger partial charge < -0.3 is 4.57 Å². The predicted octanol–water partition coefficient (Wildman–Crippen LogP) is 3.64. The molecule has 0 saturated heterocycles. The molecule has 1 aliphatic rings. The fourth-order valence-corrected chi connectivity index (χ4v) is 2.97. The van der Waals surface area contributed by atoms with Gasteiger partial charge in [-0.1, -0.05) is 0 Å². The number of hydrogen-bond acceptors (Lipinski definition) is 3. The summed E-state index contributed by atoms with van der Waals surface area (Å²) in [6, 6.07) is 8.23. The summed E-state index contributed by atoms with van der Waals surface area (Å²) in [6.45, 7) is 2.67. The molecule has 0 bridgehead atoms. The van der Waals surface area contributed by atoms with Crippen molar-refractivity contribution in [2.24, 2.45) is 5.92 Å². The second-order valence-corrected chi connectivity index (χ2v) is 6.45. The Labute approximate surface area is 135 Å². The maximum absolute atomic E-state index is 11.3. The quantitative estimate of drug-likeness (QED) is 0.723. The van der Waals surface area contributed by atoms with Gasteiger partial charge in [0.2, 0.25) is 0 Å².